The molecule has 5 nitrogen and oxygen atoms in total. The van der Waals surface area contributed by atoms with E-state index >= 15 is 0 Å². The van der Waals surface area contributed by atoms with Gasteiger partial charge in [-0.05, 0) is 62.4 Å². The molecule has 2 fully saturated rings. The van der Waals surface area contributed by atoms with Gasteiger partial charge >= 0.3 is 0 Å². The van der Waals surface area contributed by atoms with Crippen molar-refractivity contribution in [3.05, 3.63) is 70.3 Å². The average molecular weight is 365 g/mol. The van der Waals surface area contributed by atoms with Gasteiger partial charge in [0.1, 0.15) is 0 Å². The molecule has 142 valence electrons. The summed E-state index contributed by atoms with van der Waals surface area (Å²) in [7, 11) is 0. The van der Waals surface area contributed by atoms with Crippen molar-refractivity contribution in [1.82, 2.24) is 4.90 Å². The van der Waals surface area contributed by atoms with Crippen LogP contribution in [-0.4, -0.2) is 42.0 Å². The van der Waals surface area contributed by atoms with Crippen molar-refractivity contribution >= 4 is 11.4 Å². The van der Waals surface area contributed by atoms with E-state index in [1.165, 1.54) is 44.3 Å². The molecule has 0 bridgehead atoms. The Morgan fingerprint density at radius 3 is 2.04 bits per heavy atom. The van der Waals surface area contributed by atoms with Crippen molar-refractivity contribution < 1.29 is 4.92 Å². The summed E-state index contributed by atoms with van der Waals surface area (Å²) < 4.78 is 0. The fraction of sp³-hybridized carbons (Fsp3) is 0.455. The first-order valence-corrected chi connectivity index (χ1v) is 9.99. The van der Waals surface area contributed by atoms with E-state index in [-0.39, 0.29) is 10.6 Å². The minimum Gasteiger partial charge on any atom is -0.371 e. The number of benzene rings is 2. The van der Waals surface area contributed by atoms with Gasteiger partial charge in [-0.3, -0.25) is 10.1 Å². The Kier molecular flexibility index (Phi) is 5.39. The Morgan fingerprint density at radius 2 is 1.44 bits per heavy atom. The monoisotopic (exact) mass is 365 g/mol. The maximum atomic E-state index is 10.8. The number of nitrogens with zero attached hydrogens (tertiary/aromatic N) is 3. The maximum Gasteiger partial charge on any atom is 0.269 e. The van der Waals surface area contributed by atoms with Gasteiger partial charge < -0.3 is 9.80 Å². The van der Waals surface area contributed by atoms with Crippen LogP contribution in [0.15, 0.2) is 54.6 Å². The molecule has 2 aliphatic rings. The quantitative estimate of drug-likeness (QED) is 0.593. The molecule has 2 aliphatic heterocycles. The Labute approximate surface area is 160 Å². The van der Waals surface area contributed by atoms with Crippen LogP contribution in [0, 0.1) is 10.1 Å². The lowest BCUT2D eigenvalue weighted by Gasteiger charge is -2.42. The predicted molar refractivity (Wildman–Crippen MR) is 108 cm³/mol. The number of anilines is 1. The lowest BCUT2D eigenvalue weighted by atomic mass is 9.88. The molecule has 0 unspecified atom stereocenters. The van der Waals surface area contributed by atoms with Crippen molar-refractivity contribution in [2.75, 3.05) is 31.1 Å². The number of nitro benzene ring substituents is 1. The summed E-state index contributed by atoms with van der Waals surface area (Å²) in [5, 5.41) is 10.8. The molecule has 2 saturated heterocycles. The molecule has 4 rings (SSSR count). The Hall–Kier alpha value is -2.40. The third-order valence-corrected chi connectivity index (χ3v) is 6.21. The van der Waals surface area contributed by atoms with E-state index < -0.39 is 0 Å². The maximum absolute atomic E-state index is 10.8. The second kappa shape index (κ2) is 8.09. The Balaban J connectivity index is 1.28. The molecule has 0 spiro atoms. The highest BCUT2D eigenvalue weighted by molar-refractivity contribution is 5.51. The van der Waals surface area contributed by atoms with E-state index in [1.807, 2.05) is 12.1 Å². The largest absolute Gasteiger partial charge is 0.371 e. The fourth-order valence-corrected chi connectivity index (χ4v) is 4.60. The molecule has 5 heteroatoms. The van der Waals surface area contributed by atoms with Gasteiger partial charge in [0.15, 0.2) is 0 Å². The van der Waals surface area contributed by atoms with Crippen LogP contribution in [0.5, 0.6) is 0 Å². The molecular formula is C22H27N3O2. The van der Waals surface area contributed by atoms with Crippen molar-refractivity contribution in [3.8, 4) is 0 Å². The van der Waals surface area contributed by atoms with Gasteiger partial charge in [0.05, 0.1) is 4.92 Å². The zero-order valence-electron chi connectivity index (χ0n) is 15.7. The summed E-state index contributed by atoms with van der Waals surface area (Å²) in [5.41, 5.74) is 2.75. The van der Waals surface area contributed by atoms with E-state index in [0.717, 1.165) is 18.8 Å². The van der Waals surface area contributed by atoms with Crippen LogP contribution >= 0.6 is 0 Å². The first-order valence-electron chi connectivity index (χ1n) is 9.99. The summed E-state index contributed by atoms with van der Waals surface area (Å²) in [6, 6.07) is 18.6. The summed E-state index contributed by atoms with van der Waals surface area (Å²) in [4.78, 5) is 15.5. The van der Waals surface area contributed by atoms with Crippen LogP contribution in [-0.2, 0) is 0 Å². The van der Waals surface area contributed by atoms with E-state index in [9.17, 15) is 10.1 Å². The highest BCUT2D eigenvalue weighted by Crippen LogP contribution is 2.31. The molecule has 2 aromatic carbocycles. The molecule has 0 N–H and O–H groups in total. The predicted octanol–water partition coefficient (Wildman–Crippen LogP) is 4.44. The third kappa shape index (κ3) is 4.14. The van der Waals surface area contributed by atoms with Crippen LogP contribution in [0.2, 0.25) is 0 Å². The Morgan fingerprint density at radius 1 is 0.815 bits per heavy atom. The second-order valence-corrected chi connectivity index (χ2v) is 7.71. The first-order chi connectivity index (χ1) is 13.2. The summed E-state index contributed by atoms with van der Waals surface area (Å²) in [6.45, 7) is 4.45. The highest BCUT2D eigenvalue weighted by atomic mass is 16.6. The Bertz CT molecular complexity index is 747. The van der Waals surface area contributed by atoms with Gasteiger partial charge in [0.25, 0.3) is 5.69 Å². The molecule has 0 aromatic heterocycles. The number of hydrogen-bond donors (Lipinski definition) is 0. The van der Waals surface area contributed by atoms with Crippen LogP contribution in [0.1, 0.15) is 37.2 Å². The van der Waals surface area contributed by atoms with Crippen LogP contribution in [0.25, 0.3) is 0 Å². The SMILES string of the molecule is O=[N+]([O-])c1ccc(N2CCC(N3CCC(c4ccccc4)CC3)CC2)cc1. The first kappa shape index (κ1) is 18.0. The average Bonchev–Trinajstić information content (AvgIpc) is 2.75. The molecule has 0 aliphatic carbocycles. The molecule has 0 amide bonds. The van der Waals surface area contributed by atoms with Crippen LogP contribution in [0.4, 0.5) is 11.4 Å². The lowest BCUT2D eigenvalue weighted by Crippen LogP contribution is -2.47. The minimum absolute atomic E-state index is 0.162. The number of non-ortho nitro benzene ring substituents is 1. The summed E-state index contributed by atoms with van der Waals surface area (Å²) in [6.07, 6.45) is 4.86. The number of piperidine rings is 2. The standard InChI is InChI=1S/C22H27N3O2/c26-25(27)22-8-6-20(7-9-22)24-16-12-21(13-17-24)23-14-10-19(11-15-23)18-4-2-1-3-5-18/h1-9,19,21H,10-17H2. The molecule has 2 heterocycles. The molecule has 2 aromatic rings. The van der Waals surface area contributed by atoms with Crippen molar-refractivity contribution in [3.63, 3.8) is 0 Å². The van der Waals surface area contributed by atoms with E-state index in [4.69, 9.17) is 0 Å². The molecule has 0 saturated carbocycles. The van der Waals surface area contributed by atoms with Crippen LogP contribution < -0.4 is 4.90 Å². The van der Waals surface area contributed by atoms with E-state index in [2.05, 4.69) is 40.1 Å². The molecule has 0 atom stereocenters. The number of rotatable bonds is 4. The van der Waals surface area contributed by atoms with Gasteiger partial charge in [0.2, 0.25) is 0 Å². The van der Waals surface area contributed by atoms with Gasteiger partial charge in [-0.15, -0.1) is 0 Å². The van der Waals surface area contributed by atoms with Crippen molar-refractivity contribution in [2.24, 2.45) is 0 Å². The topological polar surface area (TPSA) is 49.6 Å². The second-order valence-electron chi connectivity index (χ2n) is 7.71. The summed E-state index contributed by atoms with van der Waals surface area (Å²) >= 11 is 0. The zero-order chi connectivity index (χ0) is 18.6. The van der Waals surface area contributed by atoms with Gasteiger partial charge in [0, 0.05) is 37.0 Å². The van der Waals surface area contributed by atoms with Gasteiger partial charge in [-0.25, -0.2) is 0 Å². The lowest BCUT2D eigenvalue weighted by molar-refractivity contribution is -0.384. The van der Waals surface area contributed by atoms with Crippen molar-refractivity contribution in [1.29, 1.82) is 0 Å². The van der Waals surface area contributed by atoms with E-state index in [1.54, 1.807) is 12.1 Å². The fourth-order valence-electron chi connectivity index (χ4n) is 4.60. The van der Waals surface area contributed by atoms with Crippen molar-refractivity contribution in [2.45, 2.75) is 37.6 Å². The molecule has 0 radical (unpaired) electrons. The number of nitro groups is 1. The highest BCUT2D eigenvalue weighted by Gasteiger charge is 2.28. The number of likely N-dealkylation sites (tertiary alicyclic amines) is 1. The minimum atomic E-state index is -0.338. The van der Waals surface area contributed by atoms with Gasteiger partial charge in [-0.1, -0.05) is 30.3 Å². The third-order valence-electron chi connectivity index (χ3n) is 6.21. The summed E-state index contributed by atoms with van der Waals surface area (Å²) in [5.74, 6) is 0.711. The zero-order valence-corrected chi connectivity index (χ0v) is 15.7. The molecular weight excluding hydrogens is 338 g/mol. The molecule has 27 heavy (non-hydrogen) atoms. The van der Waals surface area contributed by atoms with Gasteiger partial charge in [-0.2, -0.15) is 0 Å². The number of hydrogen-bond acceptors (Lipinski definition) is 4. The smallest absolute Gasteiger partial charge is 0.269 e. The van der Waals surface area contributed by atoms with Crippen LogP contribution in [0.3, 0.4) is 0 Å². The van der Waals surface area contributed by atoms with E-state index in [0.29, 0.717) is 12.0 Å². The normalized spacial score (nSPS) is 19.9.